The van der Waals surface area contributed by atoms with Gasteiger partial charge in [0, 0.05) is 26.2 Å². The second kappa shape index (κ2) is 5.95. The Bertz CT molecular complexity index is 524. The lowest BCUT2D eigenvalue weighted by Gasteiger charge is -2.36. The molecule has 5 heteroatoms. The number of likely N-dealkylation sites (N-methyl/N-ethyl adjacent to an activating group) is 1. The molecule has 0 aliphatic carbocycles. The van der Waals surface area contributed by atoms with Crippen LogP contribution in [0.4, 0.5) is 5.69 Å². The fraction of sp³-hybridized carbons (Fsp3) is 0.500. The molecule has 3 rings (SSSR count). The van der Waals surface area contributed by atoms with Gasteiger partial charge in [-0.15, -0.1) is 0 Å². The minimum absolute atomic E-state index is 0.0730. The molecule has 2 saturated heterocycles. The monoisotopic (exact) mass is 287 g/mol. The molecule has 2 fully saturated rings. The van der Waals surface area contributed by atoms with Crippen LogP contribution in [-0.4, -0.2) is 60.4 Å². The Morgan fingerprint density at radius 3 is 2.33 bits per heavy atom. The molecule has 2 amide bonds. The van der Waals surface area contributed by atoms with E-state index in [4.69, 9.17) is 0 Å². The summed E-state index contributed by atoms with van der Waals surface area (Å²) in [4.78, 5) is 30.7. The van der Waals surface area contributed by atoms with Crippen molar-refractivity contribution < 1.29 is 9.59 Å². The SMILES string of the molecule is CCN1CCN([C@@H]2CC(=O)N(c3ccccc3)C2=O)CC1. The van der Waals surface area contributed by atoms with Gasteiger partial charge in [-0.25, -0.2) is 4.90 Å². The van der Waals surface area contributed by atoms with Crippen molar-refractivity contribution in [3.05, 3.63) is 30.3 Å². The minimum atomic E-state index is -0.281. The van der Waals surface area contributed by atoms with E-state index >= 15 is 0 Å². The Kier molecular flexibility index (Phi) is 4.03. The number of hydrogen-bond acceptors (Lipinski definition) is 4. The summed E-state index contributed by atoms with van der Waals surface area (Å²) in [5.74, 6) is -0.162. The van der Waals surface area contributed by atoms with Crippen molar-refractivity contribution in [3.8, 4) is 0 Å². The number of carbonyl (C=O) groups is 2. The van der Waals surface area contributed by atoms with Gasteiger partial charge in [0.1, 0.15) is 0 Å². The average Bonchev–Trinajstić information content (AvgIpc) is 2.83. The molecule has 2 heterocycles. The predicted molar refractivity (Wildman–Crippen MR) is 81.0 cm³/mol. The van der Waals surface area contributed by atoms with E-state index in [1.54, 1.807) is 0 Å². The normalized spacial score (nSPS) is 24.8. The zero-order valence-electron chi connectivity index (χ0n) is 12.4. The third-order valence-electron chi connectivity index (χ3n) is 4.43. The maximum atomic E-state index is 12.6. The van der Waals surface area contributed by atoms with Crippen molar-refractivity contribution in [2.75, 3.05) is 37.6 Å². The van der Waals surface area contributed by atoms with Gasteiger partial charge in [-0.3, -0.25) is 14.5 Å². The summed E-state index contributed by atoms with van der Waals surface area (Å²) in [7, 11) is 0. The van der Waals surface area contributed by atoms with Crippen LogP contribution in [-0.2, 0) is 9.59 Å². The van der Waals surface area contributed by atoms with Crippen LogP contribution in [0.3, 0.4) is 0 Å². The molecule has 0 bridgehead atoms. The number of anilines is 1. The Labute approximate surface area is 125 Å². The van der Waals surface area contributed by atoms with E-state index in [1.165, 1.54) is 4.90 Å². The van der Waals surface area contributed by atoms with E-state index in [-0.39, 0.29) is 17.9 Å². The van der Waals surface area contributed by atoms with Crippen molar-refractivity contribution in [2.24, 2.45) is 0 Å². The highest BCUT2D eigenvalue weighted by molar-refractivity contribution is 6.22. The summed E-state index contributed by atoms with van der Waals surface area (Å²) < 4.78 is 0. The van der Waals surface area contributed by atoms with Crippen LogP contribution in [0, 0.1) is 0 Å². The first-order valence-electron chi connectivity index (χ1n) is 7.59. The summed E-state index contributed by atoms with van der Waals surface area (Å²) in [6.45, 7) is 6.86. The van der Waals surface area contributed by atoms with Crippen molar-refractivity contribution in [1.29, 1.82) is 0 Å². The van der Waals surface area contributed by atoms with E-state index in [0.717, 1.165) is 32.7 Å². The second-order valence-electron chi connectivity index (χ2n) is 5.59. The molecule has 2 aliphatic rings. The fourth-order valence-electron chi connectivity index (χ4n) is 3.14. The highest BCUT2D eigenvalue weighted by atomic mass is 16.2. The number of carbonyl (C=O) groups excluding carboxylic acids is 2. The maximum absolute atomic E-state index is 12.6. The quantitative estimate of drug-likeness (QED) is 0.777. The standard InChI is InChI=1S/C16H21N3O2/c1-2-17-8-10-18(11-9-17)14-12-15(20)19(16(14)21)13-6-4-3-5-7-13/h3-7,14H,2,8-12H2,1H3/t14-/m1/s1. The molecule has 21 heavy (non-hydrogen) atoms. The van der Waals surface area contributed by atoms with Gasteiger partial charge >= 0.3 is 0 Å². The Balaban J connectivity index is 1.72. The van der Waals surface area contributed by atoms with Crippen LogP contribution in [0.25, 0.3) is 0 Å². The molecular weight excluding hydrogens is 266 g/mol. The Morgan fingerprint density at radius 1 is 1.05 bits per heavy atom. The lowest BCUT2D eigenvalue weighted by atomic mass is 10.1. The molecule has 1 aromatic carbocycles. The number of benzene rings is 1. The van der Waals surface area contributed by atoms with E-state index in [2.05, 4.69) is 16.7 Å². The molecule has 0 saturated carbocycles. The summed E-state index contributed by atoms with van der Waals surface area (Å²) in [5.41, 5.74) is 0.683. The number of piperazine rings is 1. The van der Waals surface area contributed by atoms with Crippen molar-refractivity contribution in [1.82, 2.24) is 9.80 Å². The lowest BCUT2D eigenvalue weighted by molar-refractivity contribution is -0.123. The van der Waals surface area contributed by atoms with Crippen LogP contribution < -0.4 is 4.90 Å². The molecule has 112 valence electrons. The molecule has 0 spiro atoms. The highest BCUT2D eigenvalue weighted by Gasteiger charge is 2.43. The van der Waals surface area contributed by atoms with Crippen molar-refractivity contribution >= 4 is 17.5 Å². The predicted octanol–water partition coefficient (Wildman–Crippen LogP) is 0.956. The molecule has 1 aromatic rings. The largest absolute Gasteiger partial charge is 0.301 e. The minimum Gasteiger partial charge on any atom is -0.301 e. The Hall–Kier alpha value is -1.72. The van der Waals surface area contributed by atoms with Crippen LogP contribution >= 0.6 is 0 Å². The third kappa shape index (κ3) is 2.71. The third-order valence-corrected chi connectivity index (χ3v) is 4.43. The molecule has 1 atom stereocenters. The molecule has 0 N–H and O–H groups in total. The zero-order chi connectivity index (χ0) is 14.8. The first-order chi connectivity index (χ1) is 10.2. The number of nitrogens with zero attached hydrogens (tertiary/aromatic N) is 3. The van der Waals surface area contributed by atoms with Gasteiger partial charge in [-0.2, -0.15) is 0 Å². The number of imide groups is 1. The smallest absolute Gasteiger partial charge is 0.251 e. The van der Waals surface area contributed by atoms with E-state index in [9.17, 15) is 9.59 Å². The summed E-state index contributed by atoms with van der Waals surface area (Å²) >= 11 is 0. The number of rotatable bonds is 3. The van der Waals surface area contributed by atoms with Gasteiger partial charge < -0.3 is 4.90 Å². The lowest BCUT2D eigenvalue weighted by Crippen LogP contribution is -2.52. The van der Waals surface area contributed by atoms with Crippen molar-refractivity contribution in [2.45, 2.75) is 19.4 Å². The molecule has 0 aromatic heterocycles. The summed E-state index contributed by atoms with van der Waals surface area (Å²) in [6.07, 6.45) is 0.305. The van der Waals surface area contributed by atoms with Crippen molar-refractivity contribution in [3.63, 3.8) is 0 Å². The van der Waals surface area contributed by atoms with Crippen LogP contribution in [0.15, 0.2) is 30.3 Å². The number of para-hydroxylation sites is 1. The highest BCUT2D eigenvalue weighted by Crippen LogP contribution is 2.25. The summed E-state index contributed by atoms with van der Waals surface area (Å²) in [5, 5.41) is 0. The fourth-order valence-corrected chi connectivity index (χ4v) is 3.14. The van der Waals surface area contributed by atoms with Gasteiger partial charge in [0.15, 0.2) is 0 Å². The topological polar surface area (TPSA) is 43.9 Å². The zero-order valence-corrected chi connectivity index (χ0v) is 12.4. The first-order valence-corrected chi connectivity index (χ1v) is 7.59. The van der Waals surface area contributed by atoms with Gasteiger partial charge in [0.05, 0.1) is 18.2 Å². The number of amides is 2. The molecule has 2 aliphatic heterocycles. The van der Waals surface area contributed by atoms with Gasteiger partial charge in [-0.05, 0) is 18.7 Å². The van der Waals surface area contributed by atoms with E-state index < -0.39 is 0 Å². The molecule has 0 radical (unpaired) electrons. The van der Waals surface area contributed by atoms with Gasteiger partial charge in [-0.1, -0.05) is 25.1 Å². The van der Waals surface area contributed by atoms with Crippen LogP contribution in [0.1, 0.15) is 13.3 Å². The number of hydrogen-bond donors (Lipinski definition) is 0. The van der Waals surface area contributed by atoms with Crippen LogP contribution in [0.2, 0.25) is 0 Å². The summed E-state index contributed by atoms with van der Waals surface area (Å²) in [6, 6.07) is 8.93. The van der Waals surface area contributed by atoms with Crippen LogP contribution in [0.5, 0.6) is 0 Å². The second-order valence-corrected chi connectivity index (χ2v) is 5.59. The molecule has 5 nitrogen and oxygen atoms in total. The average molecular weight is 287 g/mol. The van der Waals surface area contributed by atoms with E-state index in [0.29, 0.717) is 12.1 Å². The van der Waals surface area contributed by atoms with Gasteiger partial charge in [0.25, 0.3) is 5.91 Å². The molecular formula is C16H21N3O2. The molecule has 0 unspecified atom stereocenters. The maximum Gasteiger partial charge on any atom is 0.251 e. The van der Waals surface area contributed by atoms with E-state index in [1.807, 2.05) is 30.3 Å². The Morgan fingerprint density at radius 2 is 1.71 bits per heavy atom. The first kappa shape index (κ1) is 14.2. The van der Waals surface area contributed by atoms with Gasteiger partial charge in [0.2, 0.25) is 5.91 Å².